The molecule has 0 saturated carbocycles. The third kappa shape index (κ3) is 11.6. The van der Waals surface area contributed by atoms with Crippen molar-refractivity contribution in [1.29, 1.82) is 0 Å². The summed E-state index contributed by atoms with van der Waals surface area (Å²) >= 11 is 0. The Kier molecular flexibility index (Phi) is 16.9. The van der Waals surface area contributed by atoms with Gasteiger partial charge in [0.1, 0.15) is 73.2 Å². The zero-order valence-electron chi connectivity index (χ0n) is 25.1. The molecule has 17 heteroatoms. The molecular formula is C26H50O17. The van der Waals surface area contributed by atoms with E-state index in [-0.39, 0.29) is 0 Å². The molecule has 0 radical (unpaired) electrons. The van der Waals surface area contributed by atoms with Crippen LogP contribution in [0, 0.1) is 10.8 Å². The van der Waals surface area contributed by atoms with E-state index in [1.54, 1.807) is 20.8 Å². The van der Waals surface area contributed by atoms with Crippen LogP contribution in [-0.2, 0) is 19.1 Å². The van der Waals surface area contributed by atoms with E-state index in [0.717, 1.165) is 0 Å². The number of carbonyl (C=O) groups excluding carboxylic acids is 2. The first-order chi connectivity index (χ1) is 19.5. The Labute approximate surface area is 249 Å². The van der Waals surface area contributed by atoms with Crippen molar-refractivity contribution in [3.05, 3.63) is 0 Å². The van der Waals surface area contributed by atoms with Gasteiger partial charge in [-0.05, 0) is 0 Å². The summed E-state index contributed by atoms with van der Waals surface area (Å²) in [5.74, 6) is -1.41. The summed E-state index contributed by atoms with van der Waals surface area (Å²) in [5, 5.41) is 124. The van der Waals surface area contributed by atoms with E-state index >= 15 is 0 Å². The van der Waals surface area contributed by atoms with Gasteiger partial charge < -0.3 is 75.9 Å². The average molecular weight is 635 g/mol. The van der Waals surface area contributed by atoms with Gasteiger partial charge >= 0.3 is 0 Å². The lowest BCUT2D eigenvalue weighted by Crippen LogP contribution is -2.62. The minimum Gasteiger partial charge on any atom is -0.394 e. The number of ketones is 2. The predicted molar refractivity (Wildman–Crippen MR) is 144 cm³/mol. The normalized spacial score (nSPS) is 28.8. The van der Waals surface area contributed by atoms with Crippen molar-refractivity contribution in [3.8, 4) is 0 Å². The molecule has 0 aromatic carbocycles. The third-order valence-electron chi connectivity index (χ3n) is 6.64. The van der Waals surface area contributed by atoms with Crippen LogP contribution in [-0.4, -0.2) is 177 Å². The Hall–Kier alpha value is -1.26. The van der Waals surface area contributed by atoms with Gasteiger partial charge in [0.25, 0.3) is 0 Å². The molecule has 0 aliphatic carbocycles. The van der Waals surface area contributed by atoms with E-state index in [9.17, 15) is 65.8 Å². The number of rotatable bonds is 13. The van der Waals surface area contributed by atoms with Crippen LogP contribution < -0.4 is 0 Å². The first kappa shape index (κ1) is 41.7. The molecule has 1 rings (SSSR count). The topological polar surface area (TPSA) is 316 Å². The summed E-state index contributed by atoms with van der Waals surface area (Å²) in [6.07, 6.45) is -22.9. The molecule has 256 valence electrons. The molecule has 17 nitrogen and oxygen atoms in total. The summed E-state index contributed by atoms with van der Waals surface area (Å²) in [6, 6.07) is 0. The summed E-state index contributed by atoms with van der Waals surface area (Å²) in [7, 11) is 0. The van der Waals surface area contributed by atoms with Crippen LogP contribution in [0.4, 0.5) is 0 Å². The van der Waals surface area contributed by atoms with Gasteiger partial charge in [0.2, 0.25) is 0 Å². The molecule has 0 aromatic rings. The standard InChI is InChI=1S/C16H30O11.C10H20O6/c1-16(2,3)14(25)11(23)10(22)13(6(19)4-17)27-15-12(24)9(21)8(20)7(5-18)26-15;1-10(2,3)9(16)8(15)7(14)6(13)5(12)4-11/h6-13,15,17-24H,4-5H2,1-3H3;5-8,11-15H,4H2,1-3H3/t6-,7?,8?,9?,10-,11-,12?,13-,15?;5-,6-,7+,8-/m11/s1. The van der Waals surface area contributed by atoms with E-state index in [1.807, 2.05) is 0 Å². The number of aliphatic hydroxyl groups is 13. The quantitative estimate of drug-likeness (QED) is 0.0896. The highest BCUT2D eigenvalue weighted by atomic mass is 16.7. The fraction of sp³-hybridized carbons (Fsp3) is 0.923. The lowest BCUT2D eigenvalue weighted by atomic mass is 9.84. The molecule has 1 aliphatic rings. The maximum Gasteiger partial charge on any atom is 0.187 e. The van der Waals surface area contributed by atoms with Crippen LogP contribution in [0.25, 0.3) is 0 Å². The summed E-state index contributed by atoms with van der Waals surface area (Å²) < 4.78 is 10.3. The van der Waals surface area contributed by atoms with Crippen molar-refractivity contribution in [2.45, 2.75) is 121 Å². The SMILES string of the molecule is CC(C)(C)C(=O)[C@H](O)[C@@H](O)[C@H](O)[C@H](O)CO.CC(C)(C)C(=O)[C@H](O)[C@@H](O)[C@H](OC1OC(CO)C(O)C(O)C1O)[C@H](O)CO. The lowest BCUT2D eigenvalue weighted by molar-refractivity contribution is -0.326. The largest absolute Gasteiger partial charge is 0.394 e. The van der Waals surface area contributed by atoms with Crippen LogP contribution in [0.3, 0.4) is 0 Å². The highest BCUT2D eigenvalue weighted by Gasteiger charge is 2.48. The van der Waals surface area contributed by atoms with Crippen LogP contribution >= 0.6 is 0 Å². The highest BCUT2D eigenvalue weighted by Crippen LogP contribution is 2.26. The fourth-order valence-corrected chi connectivity index (χ4v) is 3.74. The van der Waals surface area contributed by atoms with Gasteiger partial charge in [0, 0.05) is 10.8 Å². The van der Waals surface area contributed by atoms with Gasteiger partial charge in [-0.1, -0.05) is 41.5 Å². The monoisotopic (exact) mass is 634 g/mol. The van der Waals surface area contributed by atoms with E-state index in [1.165, 1.54) is 20.8 Å². The first-order valence-corrected chi connectivity index (χ1v) is 13.5. The molecule has 0 bridgehead atoms. The van der Waals surface area contributed by atoms with Crippen LogP contribution in [0.15, 0.2) is 0 Å². The van der Waals surface area contributed by atoms with E-state index in [0.29, 0.717) is 0 Å². The first-order valence-electron chi connectivity index (χ1n) is 13.5. The molecule has 0 aromatic heterocycles. The Morgan fingerprint density at radius 3 is 1.44 bits per heavy atom. The van der Waals surface area contributed by atoms with Gasteiger partial charge in [-0.3, -0.25) is 9.59 Å². The van der Waals surface area contributed by atoms with Gasteiger partial charge in [0.15, 0.2) is 17.9 Å². The maximum atomic E-state index is 12.2. The Bertz CT molecular complexity index is 841. The smallest absolute Gasteiger partial charge is 0.187 e. The Balaban J connectivity index is 0.000000942. The maximum absolute atomic E-state index is 12.2. The second-order valence-corrected chi connectivity index (χ2v) is 12.4. The summed E-state index contributed by atoms with van der Waals surface area (Å²) in [6.45, 7) is 6.75. The zero-order chi connectivity index (χ0) is 34.2. The average Bonchev–Trinajstić information content (AvgIpc) is 2.95. The van der Waals surface area contributed by atoms with E-state index < -0.39 is 122 Å². The molecule has 13 N–H and O–H groups in total. The van der Waals surface area contributed by atoms with Gasteiger partial charge in [-0.25, -0.2) is 0 Å². The lowest BCUT2D eigenvalue weighted by Gasteiger charge is -2.42. The Morgan fingerprint density at radius 2 is 1.07 bits per heavy atom. The summed E-state index contributed by atoms with van der Waals surface area (Å²) in [4.78, 5) is 23.7. The van der Waals surface area contributed by atoms with Crippen LogP contribution in [0.5, 0.6) is 0 Å². The van der Waals surface area contributed by atoms with Gasteiger partial charge in [0.05, 0.1) is 19.8 Å². The second-order valence-electron chi connectivity index (χ2n) is 12.4. The molecule has 1 fully saturated rings. The fourth-order valence-electron chi connectivity index (χ4n) is 3.74. The molecule has 1 aliphatic heterocycles. The minimum atomic E-state index is -2.01. The Morgan fingerprint density at radius 1 is 0.651 bits per heavy atom. The highest BCUT2D eigenvalue weighted by molar-refractivity contribution is 5.88. The molecule has 1 heterocycles. The summed E-state index contributed by atoms with van der Waals surface area (Å²) in [5.41, 5.74) is -1.90. The van der Waals surface area contributed by atoms with Crippen molar-refractivity contribution in [2.75, 3.05) is 19.8 Å². The number of Topliss-reactive ketones (excluding diaryl/α,β-unsaturated/α-hetero) is 2. The zero-order valence-corrected chi connectivity index (χ0v) is 25.1. The second kappa shape index (κ2) is 17.4. The van der Waals surface area contributed by atoms with Crippen molar-refractivity contribution in [1.82, 2.24) is 0 Å². The van der Waals surface area contributed by atoms with Crippen molar-refractivity contribution < 1.29 is 85.4 Å². The molecule has 5 unspecified atom stereocenters. The van der Waals surface area contributed by atoms with Crippen molar-refractivity contribution in [2.24, 2.45) is 10.8 Å². The minimum absolute atomic E-state index is 0.649. The number of aliphatic hydroxyl groups excluding tert-OH is 13. The molecule has 1 saturated heterocycles. The number of ether oxygens (including phenoxy) is 2. The van der Waals surface area contributed by atoms with Gasteiger partial charge in [-0.2, -0.15) is 0 Å². The van der Waals surface area contributed by atoms with Crippen molar-refractivity contribution >= 4 is 11.6 Å². The predicted octanol–water partition coefficient (Wildman–Crippen LogP) is -6.10. The van der Waals surface area contributed by atoms with Gasteiger partial charge in [-0.15, -0.1) is 0 Å². The third-order valence-corrected chi connectivity index (χ3v) is 6.64. The number of carbonyl (C=O) groups is 2. The van der Waals surface area contributed by atoms with E-state index in [2.05, 4.69) is 0 Å². The molecule has 13 atom stereocenters. The molecule has 0 amide bonds. The van der Waals surface area contributed by atoms with Crippen molar-refractivity contribution in [3.63, 3.8) is 0 Å². The number of hydrogen-bond donors (Lipinski definition) is 13. The van der Waals surface area contributed by atoms with Crippen LogP contribution in [0.1, 0.15) is 41.5 Å². The molecule has 0 spiro atoms. The molecular weight excluding hydrogens is 584 g/mol. The molecule has 43 heavy (non-hydrogen) atoms. The van der Waals surface area contributed by atoms with Crippen LogP contribution in [0.2, 0.25) is 0 Å². The number of hydrogen-bond acceptors (Lipinski definition) is 17. The van der Waals surface area contributed by atoms with E-state index in [4.69, 9.17) is 19.7 Å².